The third-order valence-electron chi connectivity index (χ3n) is 3.46. The van der Waals surface area contributed by atoms with Crippen molar-refractivity contribution in [1.82, 2.24) is 5.32 Å². The van der Waals surface area contributed by atoms with Crippen LogP contribution in [-0.4, -0.2) is 17.2 Å². The Kier molecular flexibility index (Phi) is 3.20. The molecule has 13 heavy (non-hydrogen) atoms. The van der Waals surface area contributed by atoms with Crippen molar-refractivity contribution in [2.75, 3.05) is 5.75 Å². The normalized spacial score (nSPS) is 46.6. The third-order valence-corrected chi connectivity index (χ3v) is 5.04. The first-order chi connectivity index (χ1) is 6.25. The van der Waals surface area contributed by atoms with Crippen LogP contribution < -0.4 is 5.32 Å². The number of thioether (sulfide) groups is 1. The lowest BCUT2D eigenvalue weighted by Gasteiger charge is -2.30. The van der Waals surface area contributed by atoms with Crippen molar-refractivity contribution in [3.05, 3.63) is 0 Å². The van der Waals surface area contributed by atoms with E-state index in [0.29, 0.717) is 0 Å². The van der Waals surface area contributed by atoms with E-state index in [0.717, 1.165) is 23.3 Å². The fraction of sp³-hybridized carbons (Fsp3) is 1.00. The first-order valence-corrected chi connectivity index (χ1v) is 6.68. The Bertz CT molecular complexity index is 163. The zero-order chi connectivity index (χ0) is 9.26. The molecule has 2 heteroatoms. The van der Waals surface area contributed by atoms with Crippen LogP contribution in [0.1, 0.15) is 39.5 Å². The van der Waals surface area contributed by atoms with Crippen LogP contribution in [0, 0.1) is 11.8 Å². The molecule has 2 fully saturated rings. The van der Waals surface area contributed by atoms with Crippen molar-refractivity contribution < 1.29 is 0 Å². The molecule has 2 aliphatic rings. The zero-order valence-corrected chi connectivity index (χ0v) is 9.57. The molecular formula is C11H21NS. The first-order valence-electron chi connectivity index (χ1n) is 5.63. The van der Waals surface area contributed by atoms with Crippen LogP contribution in [0.5, 0.6) is 0 Å². The van der Waals surface area contributed by atoms with Crippen molar-refractivity contribution in [3.63, 3.8) is 0 Å². The van der Waals surface area contributed by atoms with Crippen LogP contribution in [0.3, 0.4) is 0 Å². The molecule has 2 unspecified atom stereocenters. The lowest BCUT2D eigenvalue weighted by molar-refractivity contribution is 0.269. The Balaban J connectivity index is 1.81. The van der Waals surface area contributed by atoms with E-state index in [1.165, 1.54) is 31.4 Å². The molecule has 0 aromatic carbocycles. The van der Waals surface area contributed by atoms with Gasteiger partial charge in [-0.15, -0.1) is 11.8 Å². The summed E-state index contributed by atoms with van der Waals surface area (Å²) in [5, 5.41) is 4.48. The fourth-order valence-corrected chi connectivity index (χ4v) is 3.95. The van der Waals surface area contributed by atoms with Gasteiger partial charge in [-0.2, -0.15) is 0 Å². The molecule has 0 bridgehead atoms. The highest BCUT2D eigenvalue weighted by atomic mass is 32.2. The molecule has 2 atom stereocenters. The maximum atomic E-state index is 3.70. The lowest BCUT2D eigenvalue weighted by atomic mass is 9.83. The average Bonchev–Trinajstić information content (AvgIpc) is 2.53. The molecule has 1 saturated heterocycles. The van der Waals surface area contributed by atoms with E-state index in [-0.39, 0.29) is 0 Å². The minimum atomic E-state index is 0.745. The van der Waals surface area contributed by atoms with E-state index in [2.05, 4.69) is 30.9 Å². The zero-order valence-electron chi connectivity index (χ0n) is 8.75. The van der Waals surface area contributed by atoms with Crippen LogP contribution in [0.4, 0.5) is 0 Å². The minimum absolute atomic E-state index is 0.745. The SMILES string of the molecule is CC1CCC(C2NC(C)CS2)CC1. The standard InChI is InChI=1S/C11H21NS/c1-8-3-5-10(6-4-8)11-12-9(2)7-13-11/h8-12H,3-7H2,1-2H3. The number of hydrogen-bond donors (Lipinski definition) is 1. The monoisotopic (exact) mass is 199 g/mol. The molecule has 1 N–H and O–H groups in total. The summed E-state index contributed by atoms with van der Waals surface area (Å²) in [6, 6.07) is 0.745. The molecule has 2 rings (SSSR count). The minimum Gasteiger partial charge on any atom is -0.302 e. The van der Waals surface area contributed by atoms with Gasteiger partial charge in [-0.05, 0) is 31.6 Å². The van der Waals surface area contributed by atoms with Gasteiger partial charge in [0.05, 0.1) is 5.37 Å². The molecule has 0 aromatic heterocycles. The molecule has 0 radical (unpaired) electrons. The van der Waals surface area contributed by atoms with Gasteiger partial charge in [0.1, 0.15) is 0 Å². The molecule has 76 valence electrons. The second-order valence-corrected chi connectivity index (χ2v) is 6.02. The maximum Gasteiger partial charge on any atom is 0.0563 e. The van der Waals surface area contributed by atoms with Gasteiger partial charge >= 0.3 is 0 Å². The topological polar surface area (TPSA) is 12.0 Å². The summed E-state index contributed by atoms with van der Waals surface area (Å²) in [5.41, 5.74) is 0. The molecular weight excluding hydrogens is 178 g/mol. The second kappa shape index (κ2) is 4.22. The van der Waals surface area contributed by atoms with Gasteiger partial charge in [-0.25, -0.2) is 0 Å². The Morgan fingerprint density at radius 2 is 1.77 bits per heavy atom. The fourth-order valence-electron chi connectivity index (χ4n) is 2.49. The van der Waals surface area contributed by atoms with Crippen LogP contribution in [0.2, 0.25) is 0 Å². The van der Waals surface area contributed by atoms with E-state index in [1.54, 1.807) is 0 Å². The summed E-state index contributed by atoms with van der Waals surface area (Å²) in [6.45, 7) is 4.70. The van der Waals surface area contributed by atoms with E-state index in [4.69, 9.17) is 0 Å². The molecule has 0 amide bonds. The summed E-state index contributed by atoms with van der Waals surface area (Å²) in [4.78, 5) is 0. The van der Waals surface area contributed by atoms with Crippen molar-refractivity contribution >= 4 is 11.8 Å². The highest BCUT2D eigenvalue weighted by Crippen LogP contribution is 2.36. The highest BCUT2D eigenvalue weighted by molar-refractivity contribution is 8.00. The Morgan fingerprint density at radius 1 is 1.08 bits per heavy atom. The van der Waals surface area contributed by atoms with Gasteiger partial charge in [0.15, 0.2) is 0 Å². The van der Waals surface area contributed by atoms with Crippen molar-refractivity contribution in [2.24, 2.45) is 11.8 Å². The van der Waals surface area contributed by atoms with Crippen molar-refractivity contribution in [3.8, 4) is 0 Å². The Hall–Kier alpha value is 0.310. The summed E-state index contributed by atoms with van der Waals surface area (Å²) >= 11 is 2.15. The average molecular weight is 199 g/mol. The predicted molar refractivity (Wildman–Crippen MR) is 60.0 cm³/mol. The first kappa shape index (κ1) is 9.85. The summed E-state index contributed by atoms with van der Waals surface area (Å²) in [6.07, 6.45) is 5.83. The van der Waals surface area contributed by atoms with Crippen molar-refractivity contribution in [2.45, 2.75) is 50.9 Å². The number of rotatable bonds is 1. The van der Waals surface area contributed by atoms with Crippen LogP contribution in [0.15, 0.2) is 0 Å². The summed E-state index contributed by atoms with van der Waals surface area (Å²) in [5.74, 6) is 3.27. The van der Waals surface area contributed by atoms with E-state index >= 15 is 0 Å². The van der Waals surface area contributed by atoms with Gasteiger partial charge in [0, 0.05) is 11.8 Å². The predicted octanol–water partition coefficient (Wildman–Crippen LogP) is 2.86. The summed E-state index contributed by atoms with van der Waals surface area (Å²) < 4.78 is 0. The molecule has 1 aliphatic carbocycles. The maximum absolute atomic E-state index is 3.70. The van der Waals surface area contributed by atoms with Gasteiger partial charge in [0.2, 0.25) is 0 Å². The van der Waals surface area contributed by atoms with Gasteiger partial charge < -0.3 is 5.32 Å². The lowest BCUT2D eigenvalue weighted by Crippen LogP contribution is -2.34. The van der Waals surface area contributed by atoms with Crippen LogP contribution in [-0.2, 0) is 0 Å². The van der Waals surface area contributed by atoms with E-state index < -0.39 is 0 Å². The van der Waals surface area contributed by atoms with Gasteiger partial charge in [-0.3, -0.25) is 0 Å². The molecule has 1 heterocycles. The molecule has 0 aromatic rings. The smallest absolute Gasteiger partial charge is 0.0563 e. The van der Waals surface area contributed by atoms with Crippen LogP contribution >= 0.6 is 11.8 Å². The number of hydrogen-bond acceptors (Lipinski definition) is 2. The third kappa shape index (κ3) is 2.41. The number of nitrogens with one attached hydrogen (secondary N) is 1. The van der Waals surface area contributed by atoms with E-state index in [1.807, 2.05) is 0 Å². The Morgan fingerprint density at radius 3 is 2.31 bits per heavy atom. The largest absolute Gasteiger partial charge is 0.302 e. The van der Waals surface area contributed by atoms with Gasteiger partial charge in [0.25, 0.3) is 0 Å². The van der Waals surface area contributed by atoms with Crippen LogP contribution in [0.25, 0.3) is 0 Å². The molecule has 1 aliphatic heterocycles. The second-order valence-electron chi connectivity index (χ2n) is 4.84. The molecule has 0 spiro atoms. The van der Waals surface area contributed by atoms with E-state index in [9.17, 15) is 0 Å². The quantitative estimate of drug-likeness (QED) is 0.697. The highest BCUT2D eigenvalue weighted by Gasteiger charge is 2.30. The Labute approximate surface area is 86.0 Å². The molecule has 1 nitrogen and oxygen atoms in total. The van der Waals surface area contributed by atoms with Crippen molar-refractivity contribution in [1.29, 1.82) is 0 Å². The summed E-state index contributed by atoms with van der Waals surface area (Å²) in [7, 11) is 0. The molecule has 1 saturated carbocycles. The van der Waals surface area contributed by atoms with Gasteiger partial charge in [-0.1, -0.05) is 19.8 Å².